The molecule has 0 spiro atoms. The summed E-state index contributed by atoms with van der Waals surface area (Å²) < 4.78 is 1.83. The molecule has 0 aliphatic rings. The number of aliphatic imine (C=N–C) groups is 1. The minimum Gasteiger partial charge on any atom is -0.356 e. The van der Waals surface area contributed by atoms with Gasteiger partial charge in [-0.3, -0.25) is 9.67 Å². The first kappa shape index (κ1) is 14.5. The molecule has 0 amide bonds. The zero-order chi connectivity index (χ0) is 13.4. The van der Waals surface area contributed by atoms with Crippen molar-refractivity contribution >= 4 is 5.96 Å². The van der Waals surface area contributed by atoms with Crippen LogP contribution >= 0.6 is 0 Å². The van der Waals surface area contributed by atoms with Crippen molar-refractivity contribution in [1.29, 1.82) is 0 Å². The molecule has 1 aromatic rings. The normalized spacial score (nSPS) is 11.7. The van der Waals surface area contributed by atoms with E-state index in [4.69, 9.17) is 0 Å². The molecule has 1 rings (SSSR count). The van der Waals surface area contributed by atoms with Crippen molar-refractivity contribution in [2.24, 2.45) is 12.0 Å². The largest absolute Gasteiger partial charge is 0.356 e. The second kappa shape index (κ2) is 7.74. The number of hydrogen-bond acceptors (Lipinski definition) is 2. The van der Waals surface area contributed by atoms with Crippen LogP contribution in [0, 0.1) is 0 Å². The summed E-state index contributed by atoms with van der Waals surface area (Å²) in [6.45, 7) is 4.13. The smallest absolute Gasteiger partial charge is 0.193 e. The summed E-state index contributed by atoms with van der Waals surface area (Å²) in [5, 5.41) is 7.53. The first-order valence-electron chi connectivity index (χ1n) is 6.56. The van der Waals surface area contributed by atoms with Crippen LogP contribution in [-0.4, -0.2) is 47.8 Å². The van der Waals surface area contributed by atoms with E-state index >= 15 is 0 Å². The fraction of sp³-hybridized carbons (Fsp3) is 0.692. The Morgan fingerprint density at radius 1 is 1.56 bits per heavy atom. The number of hydrogen-bond donors (Lipinski definition) is 1. The molecule has 0 aliphatic heterocycles. The standard InChI is InChI=1S/C13H25N5/c1-5-6-9-17(3)13(14-2)15-8-7-12-10-16-18(4)11-12/h10-11H,5-9H2,1-4H3,(H,14,15). The van der Waals surface area contributed by atoms with Gasteiger partial charge >= 0.3 is 0 Å². The molecule has 1 heterocycles. The molecule has 0 aromatic carbocycles. The summed E-state index contributed by atoms with van der Waals surface area (Å²) in [5.41, 5.74) is 1.25. The lowest BCUT2D eigenvalue weighted by atomic mass is 10.2. The van der Waals surface area contributed by atoms with Gasteiger partial charge in [0.25, 0.3) is 0 Å². The van der Waals surface area contributed by atoms with Crippen LogP contribution < -0.4 is 5.32 Å². The van der Waals surface area contributed by atoms with Gasteiger partial charge in [-0.2, -0.15) is 5.10 Å². The predicted octanol–water partition coefficient (Wildman–Crippen LogP) is 1.27. The van der Waals surface area contributed by atoms with Crippen LogP contribution in [0.15, 0.2) is 17.4 Å². The Kier molecular flexibility index (Phi) is 6.25. The lowest BCUT2D eigenvalue weighted by Crippen LogP contribution is -2.40. The highest BCUT2D eigenvalue weighted by Gasteiger charge is 2.04. The van der Waals surface area contributed by atoms with Gasteiger partial charge < -0.3 is 10.2 Å². The van der Waals surface area contributed by atoms with E-state index in [1.807, 2.05) is 31.2 Å². The Bertz CT molecular complexity index is 369. The zero-order valence-electron chi connectivity index (χ0n) is 12.0. The Labute approximate surface area is 110 Å². The van der Waals surface area contributed by atoms with Gasteiger partial charge in [0.1, 0.15) is 0 Å². The maximum Gasteiger partial charge on any atom is 0.193 e. The SMILES string of the molecule is CCCCN(C)C(=NC)NCCc1cnn(C)c1. The fourth-order valence-electron chi connectivity index (χ4n) is 1.81. The van der Waals surface area contributed by atoms with E-state index in [2.05, 4.69) is 34.3 Å². The van der Waals surface area contributed by atoms with Crippen LogP contribution in [0.4, 0.5) is 0 Å². The van der Waals surface area contributed by atoms with E-state index in [0.29, 0.717) is 0 Å². The number of rotatable bonds is 6. The molecule has 1 aromatic heterocycles. The summed E-state index contributed by atoms with van der Waals surface area (Å²) in [6.07, 6.45) is 7.32. The second-order valence-electron chi connectivity index (χ2n) is 4.52. The first-order chi connectivity index (χ1) is 8.67. The van der Waals surface area contributed by atoms with Crippen LogP contribution in [0.2, 0.25) is 0 Å². The van der Waals surface area contributed by atoms with Crippen LogP contribution in [-0.2, 0) is 13.5 Å². The Hall–Kier alpha value is -1.52. The first-order valence-corrected chi connectivity index (χ1v) is 6.56. The van der Waals surface area contributed by atoms with Crippen LogP contribution in [0.1, 0.15) is 25.3 Å². The predicted molar refractivity (Wildman–Crippen MR) is 75.8 cm³/mol. The van der Waals surface area contributed by atoms with Gasteiger partial charge in [0.2, 0.25) is 0 Å². The van der Waals surface area contributed by atoms with E-state index < -0.39 is 0 Å². The summed E-state index contributed by atoms with van der Waals surface area (Å²) >= 11 is 0. The van der Waals surface area contributed by atoms with Crippen molar-refractivity contribution in [2.75, 3.05) is 27.2 Å². The summed E-state index contributed by atoms with van der Waals surface area (Å²) in [5.74, 6) is 0.965. The van der Waals surface area contributed by atoms with Gasteiger partial charge in [-0.15, -0.1) is 0 Å². The molecule has 0 fully saturated rings. The molecule has 0 saturated heterocycles. The molecule has 5 heteroatoms. The molecule has 0 saturated carbocycles. The third-order valence-electron chi connectivity index (χ3n) is 2.88. The summed E-state index contributed by atoms with van der Waals surface area (Å²) in [4.78, 5) is 6.46. The minimum absolute atomic E-state index is 0.884. The second-order valence-corrected chi connectivity index (χ2v) is 4.52. The highest BCUT2D eigenvalue weighted by molar-refractivity contribution is 5.79. The summed E-state index contributed by atoms with van der Waals surface area (Å²) in [6, 6.07) is 0. The van der Waals surface area contributed by atoms with Gasteiger partial charge in [0.15, 0.2) is 5.96 Å². The molecule has 102 valence electrons. The van der Waals surface area contributed by atoms with Crippen molar-refractivity contribution in [3.63, 3.8) is 0 Å². The van der Waals surface area contributed by atoms with Gasteiger partial charge in [-0.05, 0) is 18.4 Å². The molecular weight excluding hydrogens is 226 g/mol. The third kappa shape index (κ3) is 4.77. The maximum absolute atomic E-state index is 4.29. The quantitative estimate of drug-likeness (QED) is 0.612. The molecule has 18 heavy (non-hydrogen) atoms. The molecule has 0 bridgehead atoms. The molecule has 0 unspecified atom stereocenters. The summed E-state index contributed by atoms with van der Waals surface area (Å²) in [7, 11) is 5.85. The highest BCUT2D eigenvalue weighted by atomic mass is 15.3. The number of unbranched alkanes of at least 4 members (excludes halogenated alkanes) is 1. The van der Waals surface area contributed by atoms with Crippen LogP contribution in [0.5, 0.6) is 0 Å². The molecule has 0 atom stereocenters. The third-order valence-corrected chi connectivity index (χ3v) is 2.88. The average molecular weight is 251 g/mol. The monoisotopic (exact) mass is 251 g/mol. The molecule has 0 radical (unpaired) electrons. The van der Waals surface area contributed by atoms with E-state index in [1.165, 1.54) is 18.4 Å². The lowest BCUT2D eigenvalue weighted by molar-refractivity contribution is 0.465. The number of aryl methyl sites for hydroxylation is 1. The number of guanidine groups is 1. The fourth-order valence-corrected chi connectivity index (χ4v) is 1.81. The Morgan fingerprint density at radius 3 is 2.89 bits per heavy atom. The number of aromatic nitrogens is 2. The van der Waals surface area contributed by atoms with Crippen molar-refractivity contribution in [3.8, 4) is 0 Å². The minimum atomic E-state index is 0.884. The van der Waals surface area contributed by atoms with Crippen LogP contribution in [0.3, 0.4) is 0 Å². The average Bonchev–Trinajstić information content (AvgIpc) is 2.77. The topological polar surface area (TPSA) is 45.4 Å². The highest BCUT2D eigenvalue weighted by Crippen LogP contribution is 1.97. The van der Waals surface area contributed by atoms with E-state index in [-0.39, 0.29) is 0 Å². The van der Waals surface area contributed by atoms with E-state index in [9.17, 15) is 0 Å². The van der Waals surface area contributed by atoms with Gasteiger partial charge in [0, 0.05) is 40.4 Å². The number of nitrogens with one attached hydrogen (secondary N) is 1. The Morgan fingerprint density at radius 2 is 2.33 bits per heavy atom. The zero-order valence-corrected chi connectivity index (χ0v) is 12.0. The van der Waals surface area contributed by atoms with Gasteiger partial charge in [0.05, 0.1) is 6.20 Å². The molecule has 0 aliphatic carbocycles. The Balaban J connectivity index is 2.31. The molecule has 1 N–H and O–H groups in total. The lowest BCUT2D eigenvalue weighted by Gasteiger charge is -2.21. The van der Waals surface area contributed by atoms with Gasteiger partial charge in [-0.1, -0.05) is 13.3 Å². The van der Waals surface area contributed by atoms with Crippen molar-refractivity contribution < 1.29 is 0 Å². The van der Waals surface area contributed by atoms with Crippen molar-refractivity contribution in [1.82, 2.24) is 20.0 Å². The molecular formula is C13H25N5. The van der Waals surface area contributed by atoms with Gasteiger partial charge in [-0.25, -0.2) is 0 Å². The van der Waals surface area contributed by atoms with Crippen molar-refractivity contribution in [2.45, 2.75) is 26.2 Å². The van der Waals surface area contributed by atoms with Crippen molar-refractivity contribution in [3.05, 3.63) is 18.0 Å². The maximum atomic E-state index is 4.29. The van der Waals surface area contributed by atoms with E-state index in [0.717, 1.165) is 25.5 Å². The molecule has 5 nitrogen and oxygen atoms in total. The number of nitrogens with zero attached hydrogens (tertiary/aromatic N) is 4. The van der Waals surface area contributed by atoms with Crippen LogP contribution in [0.25, 0.3) is 0 Å². The van der Waals surface area contributed by atoms with E-state index in [1.54, 1.807) is 0 Å².